The lowest BCUT2D eigenvalue weighted by Gasteiger charge is -2.28. The summed E-state index contributed by atoms with van der Waals surface area (Å²) in [5.74, 6) is -0.782. The van der Waals surface area contributed by atoms with E-state index < -0.39 is 37.8 Å². The van der Waals surface area contributed by atoms with Crippen LogP contribution in [0.25, 0.3) is 0 Å². The maximum absolute atomic E-state index is 12.8. The maximum atomic E-state index is 12.8. The van der Waals surface area contributed by atoms with Gasteiger partial charge in [0.1, 0.15) is 0 Å². The largest absolute Gasteiger partial charge is 0.390 e. The fourth-order valence-corrected chi connectivity index (χ4v) is 7.49. The van der Waals surface area contributed by atoms with Gasteiger partial charge in [0, 0.05) is 15.5 Å². The second-order valence-corrected chi connectivity index (χ2v) is 10.8. The number of rotatable bonds is 4. The number of benzene rings is 1. The summed E-state index contributed by atoms with van der Waals surface area (Å²) in [5.41, 5.74) is 0. The molecule has 1 fully saturated rings. The van der Waals surface area contributed by atoms with E-state index >= 15 is 0 Å². The van der Waals surface area contributed by atoms with Gasteiger partial charge in [0.15, 0.2) is 9.84 Å². The highest BCUT2D eigenvalue weighted by Gasteiger charge is 2.44. The van der Waals surface area contributed by atoms with Crippen LogP contribution in [0.5, 0.6) is 0 Å². The van der Waals surface area contributed by atoms with Gasteiger partial charge in [0.2, 0.25) is 10.0 Å². The molecule has 0 aliphatic carbocycles. The number of sulfonamides is 1. The first kappa shape index (κ1) is 18.3. The molecule has 1 aliphatic rings. The first-order valence-electron chi connectivity index (χ1n) is 6.44. The molecule has 0 saturated carbocycles. The first-order chi connectivity index (χ1) is 10.1. The van der Waals surface area contributed by atoms with Gasteiger partial charge in [-0.2, -0.15) is 4.31 Å². The van der Waals surface area contributed by atoms with Crippen molar-refractivity contribution in [3.05, 3.63) is 27.1 Å². The summed E-state index contributed by atoms with van der Waals surface area (Å²) in [6, 6.07) is 3.75. The zero-order chi connectivity index (χ0) is 16.7. The second kappa shape index (κ2) is 6.48. The summed E-state index contributed by atoms with van der Waals surface area (Å²) in [6.45, 7) is 1.68. The minimum absolute atomic E-state index is 0.0280. The molecule has 2 atom stereocenters. The van der Waals surface area contributed by atoms with Crippen LogP contribution in [0.15, 0.2) is 32.0 Å². The van der Waals surface area contributed by atoms with Gasteiger partial charge in [-0.25, -0.2) is 16.8 Å². The number of halogens is 2. The predicted molar refractivity (Wildman–Crippen MR) is 89.9 cm³/mol. The maximum Gasteiger partial charge on any atom is 0.244 e. The number of hydrogen-bond donors (Lipinski definition) is 1. The fourth-order valence-electron chi connectivity index (χ4n) is 2.47. The quantitative estimate of drug-likeness (QED) is 0.708. The molecule has 0 spiro atoms. The molecule has 0 amide bonds. The van der Waals surface area contributed by atoms with Crippen LogP contribution in [0.4, 0.5) is 0 Å². The fraction of sp³-hybridized carbons (Fsp3) is 0.500. The van der Waals surface area contributed by atoms with Gasteiger partial charge >= 0.3 is 0 Å². The minimum Gasteiger partial charge on any atom is -0.390 e. The highest BCUT2D eigenvalue weighted by molar-refractivity contribution is 9.11. The Hall–Kier alpha value is -0.000000000000000111. The third kappa shape index (κ3) is 3.57. The molecule has 0 unspecified atom stereocenters. The Balaban J connectivity index is 2.48. The van der Waals surface area contributed by atoms with Crippen molar-refractivity contribution in [3.8, 4) is 0 Å². The summed E-state index contributed by atoms with van der Waals surface area (Å²) in [5, 5.41) is 9.95. The smallest absolute Gasteiger partial charge is 0.244 e. The highest BCUT2D eigenvalue weighted by Crippen LogP contribution is 2.31. The van der Waals surface area contributed by atoms with Crippen molar-refractivity contribution in [3.63, 3.8) is 0 Å². The van der Waals surface area contributed by atoms with Gasteiger partial charge in [-0.3, -0.25) is 0 Å². The van der Waals surface area contributed by atoms with Crippen molar-refractivity contribution < 1.29 is 21.9 Å². The molecule has 0 aromatic heterocycles. The summed E-state index contributed by atoms with van der Waals surface area (Å²) < 4.78 is 51.0. The number of hydrogen-bond acceptors (Lipinski definition) is 5. The summed E-state index contributed by atoms with van der Waals surface area (Å²) >= 11 is 6.43. The zero-order valence-electron chi connectivity index (χ0n) is 11.6. The van der Waals surface area contributed by atoms with Crippen LogP contribution in [0.3, 0.4) is 0 Å². The van der Waals surface area contributed by atoms with Crippen molar-refractivity contribution in [2.75, 3.05) is 18.1 Å². The van der Waals surface area contributed by atoms with Crippen LogP contribution < -0.4 is 0 Å². The molecule has 1 aliphatic heterocycles. The molecule has 1 heterocycles. The monoisotopic (exact) mass is 475 g/mol. The van der Waals surface area contributed by atoms with Crippen LogP contribution in [-0.2, 0) is 19.9 Å². The predicted octanol–water partition coefficient (Wildman–Crippen LogP) is 1.38. The van der Waals surface area contributed by atoms with E-state index in [0.29, 0.717) is 8.95 Å². The van der Waals surface area contributed by atoms with Crippen LogP contribution >= 0.6 is 31.9 Å². The van der Waals surface area contributed by atoms with Gasteiger partial charge in [-0.1, -0.05) is 22.9 Å². The van der Waals surface area contributed by atoms with E-state index in [9.17, 15) is 21.9 Å². The number of aliphatic hydroxyl groups excluding tert-OH is 1. The number of nitrogens with zero attached hydrogens (tertiary/aromatic N) is 1. The molecule has 6 nitrogen and oxygen atoms in total. The molecule has 22 heavy (non-hydrogen) atoms. The average molecular weight is 477 g/mol. The van der Waals surface area contributed by atoms with E-state index in [2.05, 4.69) is 31.9 Å². The molecule has 1 aromatic carbocycles. The van der Waals surface area contributed by atoms with Crippen molar-refractivity contribution in [2.24, 2.45) is 0 Å². The molecule has 1 aromatic rings. The number of likely N-dealkylation sites (N-methyl/N-ethyl adjacent to an activating group) is 1. The Morgan fingerprint density at radius 1 is 1.32 bits per heavy atom. The molecule has 124 valence electrons. The Labute approximate surface area is 146 Å². The van der Waals surface area contributed by atoms with Gasteiger partial charge in [0.05, 0.1) is 28.5 Å². The molecular weight excluding hydrogens is 462 g/mol. The van der Waals surface area contributed by atoms with Crippen molar-refractivity contribution in [1.82, 2.24) is 4.31 Å². The van der Waals surface area contributed by atoms with E-state index in [1.165, 1.54) is 6.07 Å². The average Bonchev–Trinajstić information content (AvgIpc) is 2.66. The zero-order valence-corrected chi connectivity index (χ0v) is 16.4. The second-order valence-electron chi connectivity index (χ2n) is 4.99. The van der Waals surface area contributed by atoms with Crippen LogP contribution in [0.1, 0.15) is 6.92 Å². The number of aliphatic hydroxyl groups is 1. The van der Waals surface area contributed by atoms with E-state index in [4.69, 9.17) is 0 Å². The lowest BCUT2D eigenvalue weighted by Crippen LogP contribution is -2.46. The third-order valence-electron chi connectivity index (χ3n) is 3.46. The van der Waals surface area contributed by atoms with E-state index in [1.54, 1.807) is 19.1 Å². The van der Waals surface area contributed by atoms with Crippen molar-refractivity contribution >= 4 is 51.7 Å². The lowest BCUT2D eigenvalue weighted by molar-refractivity contribution is 0.130. The standard InChI is InChI=1S/C12H15Br2NO5S2/c1-2-15(10-6-21(17,18)7-11(10)16)22(19,20)12-5-8(13)3-4-9(12)14/h3-5,10-11,16H,2,6-7H2,1H3/t10-,11+/m1/s1. The van der Waals surface area contributed by atoms with Gasteiger partial charge in [-0.05, 0) is 34.1 Å². The topological polar surface area (TPSA) is 91.8 Å². The Kier molecular flexibility index (Phi) is 5.40. The Morgan fingerprint density at radius 3 is 2.45 bits per heavy atom. The normalized spacial score (nSPS) is 24.8. The molecule has 0 radical (unpaired) electrons. The first-order valence-corrected chi connectivity index (χ1v) is 11.3. The van der Waals surface area contributed by atoms with E-state index in [0.717, 1.165) is 4.31 Å². The van der Waals surface area contributed by atoms with Gasteiger partial charge in [0.25, 0.3) is 0 Å². The molecule has 10 heteroatoms. The third-order valence-corrected chi connectivity index (χ3v) is 8.64. The van der Waals surface area contributed by atoms with Crippen LogP contribution in [0.2, 0.25) is 0 Å². The molecule has 1 N–H and O–H groups in total. The Morgan fingerprint density at radius 2 is 1.95 bits per heavy atom. The SMILES string of the molecule is CCN([C@@H]1CS(=O)(=O)C[C@@H]1O)S(=O)(=O)c1cc(Br)ccc1Br. The van der Waals surface area contributed by atoms with Crippen LogP contribution in [0, 0.1) is 0 Å². The van der Waals surface area contributed by atoms with Crippen molar-refractivity contribution in [2.45, 2.75) is 24.0 Å². The summed E-state index contributed by atoms with van der Waals surface area (Å²) in [4.78, 5) is 0.0280. The molecule has 1 saturated heterocycles. The van der Waals surface area contributed by atoms with Gasteiger partial charge < -0.3 is 5.11 Å². The van der Waals surface area contributed by atoms with E-state index in [-0.39, 0.29) is 17.2 Å². The molecule has 2 rings (SSSR count). The van der Waals surface area contributed by atoms with Gasteiger partial charge in [-0.15, -0.1) is 0 Å². The molecule has 0 bridgehead atoms. The van der Waals surface area contributed by atoms with E-state index in [1.807, 2.05) is 0 Å². The summed E-state index contributed by atoms with van der Waals surface area (Å²) in [6.07, 6.45) is -1.22. The van der Waals surface area contributed by atoms with Crippen LogP contribution in [-0.4, -0.2) is 56.4 Å². The number of sulfone groups is 1. The Bertz CT molecular complexity index is 779. The minimum atomic E-state index is -3.94. The molecular formula is C12H15Br2NO5S2. The van der Waals surface area contributed by atoms with Crippen molar-refractivity contribution in [1.29, 1.82) is 0 Å². The highest BCUT2D eigenvalue weighted by atomic mass is 79.9. The lowest BCUT2D eigenvalue weighted by atomic mass is 10.2. The summed E-state index contributed by atoms with van der Waals surface area (Å²) in [7, 11) is -7.38.